The molecule has 0 heterocycles. The lowest BCUT2D eigenvalue weighted by atomic mass is 9.98. The van der Waals surface area contributed by atoms with Crippen molar-refractivity contribution in [1.29, 1.82) is 5.26 Å². The van der Waals surface area contributed by atoms with Crippen LogP contribution in [0.1, 0.15) is 22.7 Å². The van der Waals surface area contributed by atoms with Crippen molar-refractivity contribution in [3.63, 3.8) is 0 Å². The van der Waals surface area contributed by atoms with Crippen LogP contribution in [0.25, 0.3) is 6.08 Å². The third-order valence-electron chi connectivity index (χ3n) is 4.27. The van der Waals surface area contributed by atoms with E-state index in [1.807, 2.05) is 60.7 Å². The van der Waals surface area contributed by atoms with Gasteiger partial charge in [0.2, 0.25) is 0 Å². The Morgan fingerprint density at radius 1 is 0.966 bits per heavy atom. The van der Waals surface area contributed by atoms with E-state index >= 15 is 0 Å². The molecule has 0 aromatic heterocycles. The molecule has 0 fully saturated rings. The number of rotatable bonds is 5. The molecule has 3 aromatic rings. The first-order valence-corrected chi connectivity index (χ1v) is 9.05. The van der Waals surface area contributed by atoms with Crippen LogP contribution in [0.3, 0.4) is 0 Å². The topological polar surface area (TPSA) is 52.9 Å². The average molecular weight is 409 g/mol. The summed E-state index contributed by atoms with van der Waals surface area (Å²) in [5.74, 6) is -2.71. The number of halogens is 3. The summed E-state index contributed by atoms with van der Waals surface area (Å²) >= 11 is 5.68. The van der Waals surface area contributed by atoms with Crippen LogP contribution < -0.4 is 5.32 Å². The van der Waals surface area contributed by atoms with E-state index < -0.39 is 34.7 Å². The molecule has 3 aromatic carbocycles. The number of nitrogens with zero attached hydrogens (tertiary/aromatic N) is 1. The van der Waals surface area contributed by atoms with Crippen LogP contribution in [0.2, 0.25) is 5.02 Å². The second-order valence-corrected chi connectivity index (χ2v) is 6.56. The van der Waals surface area contributed by atoms with Crippen molar-refractivity contribution in [3.05, 3.63) is 112 Å². The molecular weight excluding hydrogens is 394 g/mol. The first-order chi connectivity index (χ1) is 14.0. The minimum absolute atomic E-state index is 0.304. The number of carbonyl (C=O) groups excluding carboxylic acids is 1. The highest BCUT2D eigenvalue weighted by Crippen LogP contribution is 2.25. The molecule has 0 aliphatic rings. The summed E-state index contributed by atoms with van der Waals surface area (Å²) in [7, 11) is 0. The van der Waals surface area contributed by atoms with Crippen LogP contribution in [-0.2, 0) is 4.79 Å². The minimum Gasteiger partial charge on any atom is -0.340 e. The van der Waals surface area contributed by atoms with Gasteiger partial charge in [-0.3, -0.25) is 4.79 Å². The Labute approximate surface area is 171 Å². The molecular formula is C23H15ClF2N2O. The highest BCUT2D eigenvalue weighted by Gasteiger charge is 2.20. The van der Waals surface area contributed by atoms with E-state index in [-0.39, 0.29) is 5.02 Å². The largest absolute Gasteiger partial charge is 0.340 e. The second kappa shape index (κ2) is 9.13. The number of nitriles is 1. The van der Waals surface area contributed by atoms with E-state index in [2.05, 4.69) is 5.32 Å². The molecule has 0 bridgehead atoms. The summed E-state index contributed by atoms with van der Waals surface area (Å²) in [6.45, 7) is 0. The number of hydrogen-bond donors (Lipinski definition) is 1. The van der Waals surface area contributed by atoms with Gasteiger partial charge in [0.1, 0.15) is 17.5 Å². The lowest BCUT2D eigenvalue weighted by Gasteiger charge is -2.19. The molecule has 1 N–H and O–H groups in total. The van der Waals surface area contributed by atoms with Crippen LogP contribution in [0.5, 0.6) is 0 Å². The molecule has 29 heavy (non-hydrogen) atoms. The summed E-state index contributed by atoms with van der Waals surface area (Å²) in [5, 5.41) is 11.9. The summed E-state index contributed by atoms with van der Waals surface area (Å²) in [6, 6.07) is 21.6. The molecule has 0 atom stereocenters. The van der Waals surface area contributed by atoms with Crippen molar-refractivity contribution in [3.8, 4) is 6.07 Å². The normalized spacial score (nSPS) is 11.2. The maximum atomic E-state index is 14.2. The molecule has 6 heteroatoms. The Hall–Kier alpha value is -3.49. The number of benzene rings is 3. The van der Waals surface area contributed by atoms with Crippen molar-refractivity contribution in [2.24, 2.45) is 0 Å². The Morgan fingerprint density at radius 3 is 2.03 bits per heavy atom. The van der Waals surface area contributed by atoms with Crippen LogP contribution >= 0.6 is 11.6 Å². The van der Waals surface area contributed by atoms with Gasteiger partial charge in [-0.05, 0) is 29.3 Å². The highest BCUT2D eigenvalue weighted by atomic mass is 35.5. The lowest BCUT2D eigenvalue weighted by Crippen LogP contribution is -2.30. The number of carbonyl (C=O) groups is 1. The number of amides is 1. The van der Waals surface area contributed by atoms with Crippen LogP contribution in [0, 0.1) is 23.0 Å². The highest BCUT2D eigenvalue weighted by molar-refractivity contribution is 6.30. The third kappa shape index (κ3) is 4.68. The Morgan fingerprint density at radius 2 is 1.52 bits per heavy atom. The van der Waals surface area contributed by atoms with Gasteiger partial charge in [0.05, 0.1) is 11.1 Å². The Balaban J connectivity index is 1.97. The van der Waals surface area contributed by atoms with E-state index in [1.54, 1.807) is 6.07 Å². The SMILES string of the molecule is N#C/C(=C\c1c(F)ccc(Cl)c1F)C(=O)NC(c1ccccc1)c1ccccc1. The average Bonchev–Trinajstić information content (AvgIpc) is 2.76. The van der Waals surface area contributed by atoms with Crippen molar-refractivity contribution in [2.75, 3.05) is 0 Å². The molecule has 0 saturated heterocycles. The number of nitrogens with one attached hydrogen (secondary N) is 1. The zero-order valence-corrected chi connectivity index (χ0v) is 15.8. The molecule has 0 radical (unpaired) electrons. The van der Waals surface area contributed by atoms with Crippen molar-refractivity contribution < 1.29 is 13.6 Å². The van der Waals surface area contributed by atoms with Crippen molar-refractivity contribution in [2.45, 2.75) is 6.04 Å². The van der Waals surface area contributed by atoms with Crippen LogP contribution in [-0.4, -0.2) is 5.91 Å². The second-order valence-electron chi connectivity index (χ2n) is 6.15. The summed E-state index contributed by atoms with van der Waals surface area (Å²) in [6.07, 6.45) is 0.860. The van der Waals surface area contributed by atoms with Crippen LogP contribution in [0.15, 0.2) is 78.4 Å². The van der Waals surface area contributed by atoms with Crippen LogP contribution in [0.4, 0.5) is 8.78 Å². The monoisotopic (exact) mass is 408 g/mol. The summed E-state index contributed by atoms with van der Waals surface area (Å²) in [4.78, 5) is 12.8. The molecule has 0 saturated carbocycles. The van der Waals surface area contributed by atoms with E-state index in [1.165, 1.54) is 0 Å². The molecule has 3 nitrogen and oxygen atoms in total. The zero-order chi connectivity index (χ0) is 20.8. The third-order valence-corrected chi connectivity index (χ3v) is 4.57. The predicted molar refractivity (Wildman–Crippen MR) is 108 cm³/mol. The van der Waals surface area contributed by atoms with Gasteiger partial charge in [0, 0.05) is 5.56 Å². The zero-order valence-electron chi connectivity index (χ0n) is 15.1. The maximum absolute atomic E-state index is 14.2. The van der Waals surface area contributed by atoms with E-state index in [0.29, 0.717) is 0 Å². The van der Waals surface area contributed by atoms with Gasteiger partial charge >= 0.3 is 0 Å². The van der Waals surface area contributed by atoms with Gasteiger partial charge in [-0.25, -0.2) is 8.78 Å². The quantitative estimate of drug-likeness (QED) is 0.347. The lowest BCUT2D eigenvalue weighted by molar-refractivity contribution is -0.117. The molecule has 144 valence electrons. The molecule has 0 unspecified atom stereocenters. The minimum atomic E-state index is -1.03. The first-order valence-electron chi connectivity index (χ1n) is 8.67. The first kappa shape index (κ1) is 20.2. The van der Waals surface area contributed by atoms with Gasteiger partial charge in [-0.15, -0.1) is 0 Å². The standard InChI is InChI=1S/C23H15ClF2N2O/c24-19-11-12-20(25)18(21(19)26)13-17(14-27)23(29)28-22(15-7-3-1-4-8-15)16-9-5-2-6-10-16/h1-13,22H,(H,28,29)/b17-13+. The summed E-state index contributed by atoms with van der Waals surface area (Å²) in [5.41, 5.74) is 0.607. The van der Waals surface area contributed by atoms with Crippen molar-refractivity contribution in [1.82, 2.24) is 5.32 Å². The Kier molecular flexibility index (Phi) is 6.38. The smallest absolute Gasteiger partial charge is 0.262 e. The number of hydrogen-bond acceptors (Lipinski definition) is 2. The molecule has 3 rings (SSSR count). The molecule has 1 amide bonds. The van der Waals surface area contributed by atoms with Gasteiger partial charge in [0.15, 0.2) is 5.82 Å². The van der Waals surface area contributed by atoms with Gasteiger partial charge in [-0.1, -0.05) is 72.3 Å². The molecule has 0 aliphatic carbocycles. The van der Waals surface area contributed by atoms with E-state index in [9.17, 15) is 18.8 Å². The summed E-state index contributed by atoms with van der Waals surface area (Å²) < 4.78 is 28.2. The maximum Gasteiger partial charge on any atom is 0.262 e. The van der Waals surface area contributed by atoms with Gasteiger partial charge in [0.25, 0.3) is 5.91 Å². The molecule has 0 spiro atoms. The van der Waals surface area contributed by atoms with E-state index in [4.69, 9.17) is 11.6 Å². The fourth-order valence-corrected chi connectivity index (χ4v) is 2.99. The van der Waals surface area contributed by atoms with Gasteiger partial charge in [-0.2, -0.15) is 5.26 Å². The van der Waals surface area contributed by atoms with Crippen molar-refractivity contribution >= 4 is 23.6 Å². The Bertz CT molecular complexity index is 1050. The fraction of sp³-hybridized carbons (Fsp3) is 0.0435. The predicted octanol–water partition coefficient (Wildman–Crippen LogP) is 5.43. The van der Waals surface area contributed by atoms with Gasteiger partial charge < -0.3 is 5.32 Å². The molecule has 0 aliphatic heterocycles. The fourth-order valence-electron chi connectivity index (χ4n) is 2.83. The van der Waals surface area contributed by atoms with E-state index in [0.717, 1.165) is 29.3 Å².